The number of aryl methyl sites for hydroxylation is 2. The molecule has 0 amide bonds. The van der Waals surface area contributed by atoms with Crippen molar-refractivity contribution in [2.24, 2.45) is 0 Å². The van der Waals surface area contributed by atoms with E-state index in [2.05, 4.69) is 73.0 Å². The molecule has 3 aromatic rings. The molecule has 38 heavy (non-hydrogen) atoms. The van der Waals surface area contributed by atoms with Crippen molar-refractivity contribution in [3.05, 3.63) is 64.8 Å². The molecule has 2 atom stereocenters. The van der Waals surface area contributed by atoms with E-state index in [0.29, 0.717) is 17.7 Å². The first-order chi connectivity index (χ1) is 18.7. The maximum atomic E-state index is 6.31. The van der Waals surface area contributed by atoms with Gasteiger partial charge in [-0.15, -0.1) is 15.3 Å². The first-order valence-electron chi connectivity index (χ1n) is 14.3. The van der Waals surface area contributed by atoms with Crippen molar-refractivity contribution in [2.45, 2.75) is 76.3 Å². The van der Waals surface area contributed by atoms with E-state index in [0.717, 1.165) is 37.4 Å². The van der Waals surface area contributed by atoms with Crippen LogP contribution in [0.15, 0.2) is 53.6 Å². The zero-order valence-corrected chi connectivity index (χ0v) is 21.9. The number of likely N-dealkylation sites (tertiary alicyclic amines) is 1. The smallest absolute Gasteiger partial charge is 0.244 e. The lowest BCUT2D eigenvalue weighted by Crippen LogP contribution is -2.32. The highest BCUT2D eigenvalue weighted by molar-refractivity contribution is 5.68. The van der Waals surface area contributed by atoms with Crippen molar-refractivity contribution >= 4 is 11.9 Å². The Kier molecular flexibility index (Phi) is 6.20. The fourth-order valence-corrected chi connectivity index (χ4v) is 6.81. The summed E-state index contributed by atoms with van der Waals surface area (Å²) in [4.78, 5) is 7.25. The van der Waals surface area contributed by atoms with Gasteiger partial charge in [0.2, 0.25) is 11.9 Å². The summed E-state index contributed by atoms with van der Waals surface area (Å²) in [5.41, 5.74) is 14.1. The van der Waals surface area contributed by atoms with E-state index in [-0.39, 0.29) is 6.04 Å². The van der Waals surface area contributed by atoms with Gasteiger partial charge < -0.3 is 16.0 Å². The molecule has 0 saturated carbocycles. The molecule has 1 aliphatic heterocycles. The van der Waals surface area contributed by atoms with Crippen molar-refractivity contribution < 1.29 is 0 Å². The Bertz CT molecular complexity index is 1400. The zero-order valence-electron chi connectivity index (χ0n) is 21.9. The normalized spacial score (nSPS) is 23.4. The highest BCUT2D eigenvalue weighted by Crippen LogP contribution is 2.35. The first kappa shape index (κ1) is 23.6. The molecule has 4 aliphatic rings. The number of nitrogen functional groups attached to an aromatic ring is 1. The zero-order chi connectivity index (χ0) is 25.5. The van der Waals surface area contributed by atoms with Crippen molar-refractivity contribution in [2.75, 3.05) is 24.1 Å². The number of benzene rings is 1. The summed E-state index contributed by atoms with van der Waals surface area (Å²) in [6.45, 7) is 2.57. The summed E-state index contributed by atoms with van der Waals surface area (Å²) in [7, 11) is 0. The topological polar surface area (TPSA) is 97.8 Å². The lowest BCUT2D eigenvalue weighted by Gasteiger charge is -2.26. The highest BCUT2D eigenvalue weighted by Gasteiger charge is 2.27. The summed E-state index contributed by atoms with van der Waals surface area (Å²) < 4.78 is 1.61. The Morgan fingerprint density at radius 1 is 0.921 bits per heavy atom. The van der Waals surface area contributed by atoms with Crippen molar-refractivity contribution in [3.63, 3.8) is 0 Å². The molecule has 8 heteroatoms. The number of hydrogen-bond donors (Lipinski definition) is 2. The van der Waals surface area contributed by atoms with Gasteiger partial charge in [-0.3, -0.25) is 0 Å². The van der Waals surface area contributed by atoms with Gasteiger partial charge in [0.05, 0.1) is 11.7 Å². The fraction of sp³-hybridized carbons (Fsp3) is 0.467. The Labute approximate surface area is 224 Å². The molecule has 196 valence electrons. The third-order valence-corrected chi connectivity index (χ3v) is 8.82. The van der Waals surface area contributed by atoms with Gasteiger partial charge in [-0.05, 0) is 100 Å². The Hall–Kier alpha value is -3.52. The van der Waals surface area contributed by atoms with E-state index in [1.165, 1.54) is 68.3 Å². The van der Waals surface area contributed by atoms with Crippen LogP contribution in [-0.2, 0) is 12.8 Å². The summed E-state index contributed by atoms with van der Waals surface area (Å²) in [6.07, 6.45) is 16.4. The fourth-order valence-electron chi connectivity index (χ4n) is 6.81. The molecule has 1 fully saturated rings. The van der Waals surface area contributed by atoms with E-state index < -0.39 is 0 Å². The van der Waals surface area contributed by atoms with Crippen LogP contribution in [0, 0.1) is 0 Å². The number of nitrogens with zero attached hydrogens (tertiary/aromatic N) is 6. The van der Waals surface area contributed by atoms with Crippen LogP contribution in [0.3, 0.4) is 0 Å². The maximum Gasteiger partial charge on any atom is 0.244 e. The van der Waals surface area contributed by atoms with Crippen LogP contribution in [0.2, 0.25) is 0 Å². The molecule has 2 aromatic heterocycles. The largest absolute Gasteiger partial charge is 0.368 e. The Morgan fingerprint density at radius 2 is 1.76 bits per heavy atom. The summed E-state index contributed by atoms with van der Waals surface area (Å²) in [5, 5.41) is 17.3. The number of allylic oxidation sites excluding steroid dienone is 2. The molecule has 0 radical (unpaired) electrons. The molecule has 8 nitrogen and oxygen atoms in total. The summed E-state index contributed by atoms with van der Waals surface area (Å²) >= 11 is 0. The van der Waals surface area contributed by atoms with Crippen molar-refractivity contribution in [3.8, 4) is 17.1 Å². The lowest BCUT2D eigenvalue weighted by molar-refractivity contribution is 0.222. The minimum absolute atomic E-state index is 0.168. The van der Waals surface area contributed by atoms with E-state index in [4.69, 9.17) is 5.73 Å². The second-order valence-electron chi connectivity index (χ2n) is 11.2. The quantitative estimate of drug-likeness (QED) is 0.519. The van der Waals surface area contributed by atoms with Crippen molar-refractivity contribution in [1.29, 1.82) is 0 Å². The van der Waals surface area contributed by atoms with Crippen LogP contribution in [0.4, 0.5) is 11.9 Å². The number of nitrogens with one attached hydrogen (secondary N) is 1. The third-order valence-electron chi connectivity index (χ3n) is 8.82. The average molecular weight is 509 g/mol. The summed E-state index contributed by atoms with van der Waals surface area (Å²) in [6, 6.07) is 11.5. The minimum atomic E-state index is 0.168. The van der Waals surface area contributed by atoms with Crippen LogP contribution < -0.4 is 11.1 Å². The van der Waals surface area contributed by atoms with Gasteiger partial charge in [0.1, 0.15) is 0 Å². The Morgan fingerprint density at radius 3 is 2.68 bits per heavy atom. The molecule has 1 saturated heterocycles. The number of aromatic nitrogens is 5. The van der Waals surface area contributed by atoms with Gasteiger partial charge >= 0.3 is 0 Å². The number of rotatable bonds is 4. The molecule has 3 heterocycles. The van der Waals surface area contributed by atoms with Gasteiger partial charge in [0, 0.05) is 11.6 Å². The molecule has 0 spiro atoms. The first-order valence-corrected chi connectivity index (χ1v) is 14.3. The minimum Gasteiger partial charge on any atom is -0.368 e. The molecule has 1 unspecified atom stereocenters. The summed E-state index contributed by atoms with van der Waals surface area (Å²) in [5.74, 6) is 1.47. The number of nitrogens with two attached hydrogens (primary N) is 1. The number of hydrogen-bond acceptors (Lipinski definition) is 7. The van der Waals surface area contributed by atoms with Crippen LogP contribution in [0.1, 0.15) is 62.5 Å². The average Bonchev–Trinajstić information content (AvgIpc) is 3.49. The van der Waals surface area contributed by atoms with Gasteiger partial charge in [-0.25, -0.2) is 0 Å². The molecule has 1 aromatic carbocycles. The molecule has 3 aliphatic carbocycles. The van der Waals surface area contributed by atoms with Crippen LogP contribution in [-0.4, -0.2) is 55.0 Å². The molecular weight excluding hydrogens is 472 g/mol. The van der Waals surface area contributed by atoms with Gasteiger partial charge in [0.25, 0.3) is 0 Å². The molecule has 3 N–H and O–H groups in total. The molecule has 7 rings (SSSR count). The SMILES string of the molecule is Nc1nc(NC2C=CC3=C(CC[C@@H](N4CCCC4)CC3)C2)nn1-c1cc2c(nn1)-c1ccccc1CCC2. The van der Waals surface area contributed by atoms with Crippen LogP contribution in [0.5, 0.6) is 0 Å². The monoisotopic (exact) mass is 508 g/mol. The van der Waals surface area contributed by atoms with Gasteiger partial charge in [0.15, 0.2) is 5.82 Å². The van der Waals surface area contributed by atoms with Gasteiger partial charge in [-0.2, -0.15) is 9.67 Å². The highest BCUT2D eigenvalue weighted by atomic mass is 15.5. The molecular formula is C30H36N8. The van der Waals surface area contributed by atoms with E-state index in [1.807, 2.05) is 0 Å². The van der Waals surface area contributed by atoms with E-state index >= 15 is 0 Å². The van der Waals surface area contributed by atoms with E-state index in [9.17, 15) is 0 Å². The maximum absolute atomic E-state index is 6.31. The third kappa shape index (κ3) is 4.51. The Balaban J connectivity index is 1.06. The number of fused-ring (bicyclic) bond motifs is 3. The van der Waals surface area contributed by atoms with Crippen molar-refractivity contribution in [1.82, 2.24) is 29.9 Å². The van der Waals surface area contributed by atoms with Gasteiger partial charge in [-0.1, -0.05) is 42.0 Å². The second kappa shape index (κ2) is 9.98. The standard InChI is InChI=1S/C30H36N8/c31-29-33-30(32-24-13-10-20-11-14-25(15-12-22(20)18-24)37-16-3-4-17-37)36-38(29)27-19-23-8-5-7-21-6-1-2-9-26(21)28(23)35-34-27/h1-2,6,9-10,13,19,24-25H,3-5,7-8,11-12,14-18H2,(H3,31,32,33,36)/t24?,25-/m0/s1. The second-order valence-corrected chi connectivity index (χ2v) is 11.2. The van der Waals surface area contributed by atoms with Crippen LogP contribution in [0.25, 0.3) is 17.1 Å². The molecule has 0 bridgehead atoms. The number of anilines is 2. The van der Waals surface area contributed by atoms with Crippen LogP contribution >= 0.6 is 0 Å². The predicted molar refractivity (Wildman–Crippen MR) is 150 cm³/mol. The lowest BCUT2D eigenvalue weighted by atomic mass is 9.91. The van der Waals surface area contributed by atoms with E-state index in [1.54, 1.807) is 15.8 Å². The predicted octanol–water partition coefficient (Wildman–Crippen LogP) is 4.87.